The molecule has 0 bridgehead atoms. The van der Waals surface area contributed by atoms with Crippen molar-refractivity contribution in [1.82, 2.24) is 0 Å². The highest BCUT2D eigenvalue weighted by atomic mass is 35.5. The minimum Gasteiger partial charge on any atom is -0.388 e. The van der Waals surface area contributed by atoms with Crippen LogP contribution in [0.5, 0.6) is 0 Å². The second kappa shape index (κ2) is 5.05. The molecule has 0 spiro atoms. The van der Waals surface area contributed by atoms with Gasteiger partial charge in [0.15, 0.2) is 0 Å². The van der Waals surface area contributed by atoms with Gasteiger partial charge in [0.25, 0.3) is 0 Å². The number of amides is 1. The van der Waals surface area contributed by atoms with E-state index in [0.29, 0.717) is 17.4 Å². The molecule has 1 unspecified atom stereocenters. The molecule has 0 fully saturated rings. The van der Waals surface area contributed by atoms with Crippen LogP contribution in [0.1, 0.15) is 56.9 Å². The average Bonchev–Trinajstić information content (AvgIpc) is 2.55. The molecule has 1 amide bonds. The number of carbonyl (C=O) groups excluding carboxylic acids is 1. The molecule has 110 valence electrons. The smallest absolute Gasteiger partial charge is 0.234 e. The summed E-state index contributed by atoms with van der Waals surface area (Å²) >= 11 is 6.38. The van der Waals surface area contributed by atoms with Gasteiger partial charge in [0.2, 0.25) is 5.91 Å². The van der Waals surface area contributed by atoms with Crippen molar-refractivity contribution in [3.63, 3.8) is 0 Å². The van der Waals surface area contributed by atoms with E-state index in [1.165, 1.54) is 0 Å². The summed E-state index contributed by atoms with van der Waals surface area (Å²) in [5, 5.41) is 13.8. The van der Waals surface area contributed by atoms with Crippen molar-refractivity contribution >= 4 is 23.2 Å². The van der Waals surface area contributed by atoms with Crippen LogP contribution >= 0.6 is 11.6 Å². The van der Waals surface area contributed by atoms with E-state index >= 15 is 0 Å². The summed E-state index contributed by atoms with van der Waals surface area (Å²) in [5.41, 5.74) is 2.69. The zero-order valence-corrected chi connectivity index (χ0v) is 13.4. The third-order valence-electron chi connectivity index (χ3n) is 4.06. The van der Waals surface area contributed by atoms with Crippen LogP contribution in [0.25, 0.3) is 0 Å². The monoisotopic (exact) mass is 295 g/mol. The fourth-order valence-corrected chi connectivity index (χ4v) is 2.96. The van der Waals surface area contributed by atoms with E-state index in [4.69, 9.17) is 11.6 Å². The molecule has 0 radical (unpaired) electrons. The largest absolute Gasteiger partial charge is 0.388 e. The highest BCUT2D eigenvalue weighted by molar-refractivity contribution is 6.33. The van der Waals surface area contributed by atoms with Gasteiger partial charge in [-0.3, -0.25) is 4.79 Å². The number of hydrogen-bond acceptors (Lipinski definition) is 2. The number of hydrogen-bond donors (Lipinski definition) is 2. The minimum absolute atomic E-state index is 0.0258. The second-order valence-electron chi connectivity index (χ2n) is 6.55. The molecule has 0 saturated carbocycles. The number of aliphatic hydroxyl groups excluding tert-OH is 1. The number of anilines is 1. The fraction of sp³-hybridized carbons (Fsp3) is 0.562. The SMILES string of the molecule is Cc1c(Cl)c(C(O)CC(C)C)cc2c1NC(=O)C2(C)C. The van der Waals surface area contributed by atoms with Crippen LogP contribution in [0.4, 0.5) is 5.69 Å². The third kappa shape index (κ3) is 2.33. The van der Waals surface area contributed by atoms with Gasteiger partial charge < -0.3 is 10.4 Å². The van der Waals surface area contributed by atoms with E-state index in [1.54, 1.807) is 0 Å². The lowest BCUT2D eigenvalue weighted by Crippen LogP contribution is -2.26. The van der Waals surface area contributed by atoms with Crippen molar-refractivity contribution in [2.75, 3.05) is 5.32 Å². The van der Waals surface area contributed by atoms with Crippen molar-refractivity contribution in [3.05, 3.63) is 27.8 Å². The Morgan fingerprint density at radius 1 is 1.40 bits per heavy atom. The van der Waals surface area contributed by atoms with E-state index in [1.807, 2.05) is 26.8 Å². The predicted molar refractivity (Wildman–Crippen MR) is 82.3 cm³/mol. The number of carbonyl (C=O) groups is 1. The maximum atomic E-state index is 12.1. The van der Waals surface area contributed by atoms with Crippen molar-refractivity contribution < 1.29 is 9.90 Å². The van der Waals surface area contributed by atoms with Gasteiger partial charge in [-0.05, 0) is 55.9 Å². The number of halogens is 1. The van der Waals surface area contributed by atoms with Crippen LogP contribution in [0.15, 0.2) is 6.07 Å². The van der Waals surface area contributed by atoms with Crippen molar-refractivity contribution in [2.45, 2.75) is 52.6 Å². The van der Waals surface area contributed by atoms with Crippen LogP contribution in [0.2, 0.25) is 5.02 Å². The lowest BCUT2D eigenvalue weighted by molar-refractivity contribution is -0.119. The van der Waals surface area contributed by atoms with Gasteiger partial charge in [-0.2, -0.15) is 0 Å². The van der Waals surface area contributed by atoms with Gasteiger partial charge in [0.05, 0.1) is 16.5 Å². The van der Waals surface area contributed by atoms with Crippen LogP contribution in [0.3, 0.4) is 0 Å². The average molecular weight is 296 g/mol. The van der Waals surface area contributed by atoms with Gasteiger partial charge in [-0.1, -0.05) is 25.4 Å². The van der Waals surface area contributed by atoms with Crippen LogP contribution < -0.4 is 5.32 Å². The summed E-state index contributed by atoms with van der Waals surface area (Å²) in [7, 11) is 0. The molecular weight excluding hydrogens is 274 g/mol. The summed E-state index contributed by atoms with van der Waals surface area (Å²) in [6, 6.07) is 1.88. The van der Waals surface area contributed by atoms with Crippen molar-refractivity contribution in [2.24, 2.45) is 5.92 Å². The highest BCUT2D eigenvalue weighted by Gasteiger charge is 2.40. The summed E-state index contributed by atoms with van der Waals surface area (Å²) in [6.07, 6.45) is 0.0535. The molecule has 0 aliphatic carbocycles. The maximum absolute atomic E-state index is 12.1. The molecule has 20 heavy (non-hydrogen) atoms. The zero-order valence-electron chi connectivity index (χ0n) is 12.7. The number of rotatable bonds is 3. The predicted octanol–water partition coefficient (Wildman–Crippen LogP) is 3.96. The molecule has 0 saturated heterocycles. The molecule has 1 heterocycles. The molecule has 2 rings (SSSR count). The van der Waals surface area contributed by atoms with E-state index in [0.717, 1.165) is 22.4 Å². The number of nitrogens with one attached hydrogen (secondary N) is 1. The van der Waals surface area contributed by atoms with E-state index in [2.05, 4.69) is 19.2 Å². The van der Waals surface area contributed by atoms with Crippen LogP contribution in [-0.4, -0.2) is 11.0 Å². The van der Waals surface area contributed by atoms with E-state index in [9.17, 15) is 9.90 Å². The molecule has 1 aliphatic heterocycles. The first kappa shape index (κ1) is 15.3. The zero-order chi connectivity index (χ0) is 15.2. The fourth-order valence-electron chi connectivity index (χ4n) is 2.68. The summed E-state index contributed by atoms with van der Waals surface area (Å²) in [5.74, 6) is 0.351. The first-order valence-electron chi connectivity index (χ1n) is 6.99. The summed E-state index contributed by atoms with van der Waals surface area (Å²) in [6.45, 7) is 9.79. The summed E-state index contributed by atoms with van der Waals surface area (Å²) in [4.78, 5) is 12.1. The van der Waals surface area contributed by atoms with Gasteiger partial charge in [0, 0.05) is 5.69 Å². The number of aliphatic hydroxyl groups is 1. The molecule has 4 heteroatoms. The Balaban J connectivity index is 2.56. The molecule has 0 aromatic heterocycles. The van der Waals surface area contributed by atoms with Crippen molar-refractivity contribution in [3.8, 4) is 0 Å². The molecule has 2 N–H and O–H groups in total. The van der Waals surface area contributed by atoms with E-state index in [-0.39, 0.29) is 5.91 Å². The molecule has 3 nitrogen and oxygen atoms in total. The number of fused-ring (bicyclic) bond motifs is 1. The Morgan fingerprint density at radius 2 is 2.00 bits per heavy atom. The van der Waals surface area contributed by atoms with Gasteiger partial charge in [0.1, 0.15) is 0 Å². The standard InChI is InChI=1S/C16H22ClNO2/c1-8(2)6-12(19)10-7-11-14(9(3)13(10)17)18-15(20)16(11,4)5/h7-8,12,19H,6H2,1-5H3,(H,18,20). The Morgan fingerprint density at radius 3 is 2.55 bits per heavy atom. The van der Waals surface area contributed by atoms with Gasteiger partial charge >= 0.3 is 0 Å². The quantitative estimate of drug-likeness (QED) is 0.887. The highest BCUT2D eigenvalue weighted by Crippen LogP contribution is 2.44. The van der Waals surface area contributed by atoms with Gasteiger partial charge in [-0.15, -0.1) is 0 Å². The van der Waals surface area contributed by atoms with Gasteiger partial charge in [-0.25, -0.2) is 0 Å². The minimum atomic E-state index is -0.599. The maximum Gasteiger partial charge on any atom is 0.234 e. The van der Waals surface area contributed by atoms with Crippen molar-refractivity contribution in [1.29, 1.82) is 0 Å². The van der Waals surface area contributed by atoms with Crippen LogP contribution in [0, 0.1) is 12.8 Å². The Hall–Kier alpha value is -1.06. The third-order valence-corrected chi connectivity index (χ3v) is 4.56. The Labute approximate surface area is 125 Å². The number of benzene rings is 1. The second-order valence-corrected chi connectivity index (χ2v) is 6.93. The Bertz CT molecular complexity index is 564. The molecule has 1 aromatic carbocycles. The molecule has 1 aromatic rings. The normalized spacial score (nSPS) is 18.1. The van der Waals surface area contributed by atoms with E-state index < -0.39 is 11.5 Å². The van der Waals surface area contributed by atoms with Crippen LogP contribution in [-0.2, 0) is 10.2 Å². The lowest BCUT2D eigenvalue weighted by Gasteiger charge is -2.21. The summed E-state index contributed by atoms with van der Waals surface area (Å²) < 4.78 is 0. The molecule has 1 aliphatic rings. The molecular formula is C16H22ClNO2. The Kier molecular flexibility index (Phi) is 3.87. The topological polar surface area (TPSA) is 49.3 Å². The first-order chi connectivity index (χ1) is 9.16. The lowest BCUT2D eigenvalue weighted by atomic mass is 9.83. The first-order valence-corrected chi connectivity index (χ1v) is 7.37. The molecule has 1 atom stereocenters.